The highest BCUT2D eigenvalue weighted by atomic mass is 79.9. The summed E-state index contributed by atoms with van der Waals surface area (Å²) in [7, 11) is 0. The lowest BCUT2D eigenvalue weighted by atomic mass is 9.90. The van der Waals surface area contributed by atoms with Crippen LogP contribution in [0.4, 0.5) is 13.2 Å². The molecule has 9 aromatic rings. The molecule has 3 aliphatic rings. The van der Waals surface area contributed by atoms with E-state index in [1.165, 1.54) is 47.6 Å². The van der Waals surface area contributed by atoms with Gasteiger partial charge in [-0.15, -0.1) is 0 Å². The van der Waals surface area contributed by atoms with Crippen LogP contribution in [-0.2, 0) is 28.8 Å². The number of halogens is 5. The van der Waals surface area contributed by atoms with E-state index in [1.54, 1.807) is 12.1 Å². The van der Waals surface area contributed by atoms with Gasteiger partial charge in [-0.25, -0.2) is 13.2 Å². The number of amides is 6. The molecule has 3 aliphatic heterocycles. The average Bonchev–Trinajstić information content (AvgIpc) is 1.28. The van der Waals surface area contributed by atoms with Crippen LogP contribution in [0.15, 0.2) is 280 Å². The summed E-state index contributed by atoms with van der Waals surface area (Å²) >= 11 is 9.49. The van der Waals surface area contributed by atoms with Crippen molar-refractivity contribution in [3.63, 3.8) is 0 Å². The smallest absolute Gasteiger partial charge is 0.244 e. The van der Waals surface area contributed by atoms with Gasteiger partial charge in [0.15, 0.2) is 17.9 Å². The Morgan fingerprint density at radius 3 is 0.953 bits per heavy atom. The molecule has 0 aromatic heterocycles. The van der Waals surface area contributed by atoms with Gasteiger partial charge in [-0.3, -0.25) is 43.7 Å². The predicted molar refractivity (Wildman–Crippen MR) is 508 cm³/mol. The lowest BCUT2D eigenvalue weighted by Gasteiger charge is -2.29. The number of rotatable bonds is 36. The van der Waals surface area contributed by atoms with Crippen LogP contribution in [0.3, 0.4) is 0 Å². The minimum atomic E-state index is -0.749. The maximum absolute atomic E-state index is 14.1. The Balaban J connectivity index is 0.000000200. The Labute approximate surface area is 760 Å². The van der Waals surface area contributed by atoms with Crippen molar-refractivity contribution in [2.24, 2.45) is 49.4 Å². The zero-order valence-corrected chi connectivity index (χ0v) is 73.9. The summed E-state index contributed by atoms with van der Waals surface area (Å²) in [6.07, 6.45) is 13.6. The molecule has 0 radical (unpaired) electrons. The van der Waals surface area contributed by atoms with Gasteiger partial charge in [-0.2, -0.15) is 0 Å². The fourth-order valence-corrected chi connectivity index (χ4v) is 16.1. The number of carbonyl (C=O) groups is 6. The molecule has 3 fully saturated rings. The van der Waals surface area contributed by atoms with Crippen LogP contribution in [0, 0.1) is 17.5 Å². The zero-order valence-electron chi connectivity index (χ0n) is 71.6. The predicted octanol–water partition coefficient (Wildman–Crippen LogP) is 11.6. The van der Waals surface area contributed by atoms with Gasteiger partial charge in [0.05, 0.1) is 23.1 Å². The Morgan fingerprint density at radius 2 is 0.664 bits per heavy atom. The topological polar surface area (TPSA) is 378 Å². The minimum absolute atomic E-state index is 0.000217. The van der Waals surface area contributed by atoms with E-state index in [-0.39, 0.29) is 106 Å². The van der Waals surface area contributed by atoms with Gasteiger partial charge in [-0.05, 0) is 151 Å². The van der Waals surface area contributed by atoms with Crippen LogP contribution in [-0.4, -0.2) is 183 Å². The van der Waals surface area contributed by atoms with Gasteiger partial charge >= 0.3 is 0 Å². The summed E-state index contributed by atoms with van der Waals surface area (Å²) in [5.74, 6) is -2.94. The van der Waals surface area contributed by atoms with Crippen molar-refractivity contribution < 1.29 is 41.9 Å². The third kappa shape index (κ3) is 32.0. The van der Waals surface area contributed by atoms with Gasteiger partial charge in [0, 0.05) is 148 Å². The number of hydrogen-bond donors (Lipinski definition) is 12. The van der Waals surface area contributed by atoms with Crippen molar-refractivity contribution in [3.05, 3.63) is 338 Å². The molecular formula is C99H115BrClF3N18O6. The Kier molecular flexibility index (Phi) is 39.4. The van der Waals surface area contributed by atoms with E-state index < -0.39 is 41.5 Å². The molecule has 0 aliphatic carbocycles. The van der Waals surface area contributed by atoms with Gasteiger partial charge in [0.2, 0.25) is 35.4 Å². The summed E-state index contributed by atoms with van der Waals surface area (Å²) in [5.41, 5.74) is 40.5. The normalized spacial score (nSPS) is 17.2. The number of nitrogens with zero attached hydrogens (tertiary/aromatic N) is 6. The van der Waals surface area contributed by atoms with E-state index in [9.17, 15) is 41.9 Å². The molecule has 6 amide bonds. The number of guanidine groups is 3. The molecule has 0 unspecified atom stereocenters. The summed E-state index contributed by atoms with van der Waals surface area (Å²) in [4.78, 5) is 97.4. The second-order valence-corrected chi connectivity index (χ2v) is 32.8. The van der Waals surface area contributed by atoms with E-state index in [0.29, 0.717) is 130 Å². The van der Waals surface area contributed by atoms with Crippen molar-refractivity contribution in [3.8, 4) is 0 Å². The molecule has 672 valence electrons. The SMILES string of the molecule is NC(N)=NCCC[C@@H]1N[C@H](CNC(=O)/C=C/c2c(F)cccc2Cl)CCN(CC(c2ccccc2)c2ccccc2)C1=O.NC(N)=NCCC[C@@H]1N[C@H](CNC(=O)/C=C/c2c(F)cccc2F)CCN(CC(c2ccccc2)c2ccccc2)C1=O.NC(N)=NCCC[C@@H]1N[C@H](CNC(=O)/C=C/c2ccc(Br)cc2)CCN(CC(c2ccccc2)c2ccccc2)C1=O. The molecule has 3 heterocycles. The van der Waals surface area contributed by atoms with Crippen LogP contribution in [0.25, 0.3) is 18.2 Å². The molecular weight excluding hydrogens is 1710 g/mol. The first kappa shape index (κ1) is 97.5. The fraction of sp³-hybridized carbons (Fsp3) is 0.303. The van der Waals surface area contributed by atoms with Crippen LogP contribution < -0.4 is 66.3 Å². The van der Waals surface area contributed by atoms with Gasteiger partial charge in [0.1, 0.15) is 17.5 Å². The molecule has 128 heavy (non-hydrogen) atoms. The Hall–Kier alpha value is -12.7. The summed E-state index contributed by atoms with van der Waals surface area (Å²) < 4.78 is 42.9. The van der Waals surface area contributed by atoms with E-state index in [2.05, 4.69) is 136 Å². The lowest BCUT2D eigenvalue weighted by Crippen LogP contribution is -2.49. The maximum Gasteiger partial charge on any atom is 0.244 e. The van der Waals surface area contributed by atoms with Crippen molar-refractivity contribution in [2.45, 2.75) is 112 Å². The van der Waals surface area contributed by atoms with Crippen LogP contribution in [0.1, 0.15) is 126 Å². The summed E-state index contributed by atoms with van der Waals surface area (Å²) in [6, 6.07) is 75.0. The average molecular weight is 1830 g/mol. The summed E-state index contributed by atoms with van der Waals surface area (Å²) in [5, 5.41) is 19.3. The number of carbonyl (C=O) groups excluding carboxylic acids is 6. The first-order chi connectivity index (χ1) is 62.0. The molecule has 29 heteroatoms. The molecule has 12 rings (SSSR count). The molecule has 0 saturated carbocycles. The molecule has 24 nitrogen and oxygen atoms in total. The van der Waals surface area contributed by atoms with Gasteiger partial charge in [0.25, 0.3) is 0 Å². The standard InChI is InChI=1S/C33H39BrN6O2.C33H38ClFN6O2.C33H38F2N6O2/c34-27-16-13-24(14-17-27)15-18-31(41)38-22-28-19-21-40(32(42)30(39-28)12-7-20-37-33(35)36)23-29(25-8-3-1-4-9-25)26-10-5-2-6-11-26;2*34-28-13-7-14-29(35)26(28)16-17-31(42)39-21-25-18-20-41(32(43)30(40-25)15-8-19-38-33(36)37)22-27(23-9-3-1-4-10-23)24-11-5-2-6-12-24/h1-6,8-11,13-18,28-30,39H,7,12,19-23H2,(H,38,41)(H4,35,36,37);2*1-7,9-14,16-17,25,27,30,40H,8,15,18-22H2,(H,39,42)(H4,36,37,38)/b18-15+;2*17-16+/t28-,30-;2*25-,30-/m000/s1. The van der Waals surface area contributed by atoms with E-state index in [4.69, 9.17) is 46.0 Å². The van der Waals surface area contributed by atoms with Crippen molar-refractivity contribution in [2.75, 3.05) is 78.5 Å². The van der Waals surface area contributed by atoms with Crippen molar-refractivity contribution in [1.29, 1.82) is 0 Å². The van der Waals surface area contributed by atoms with E-state index >= 15 is 0 Å². The monoisotopic (exact) mass is 1820 g/mol. The first-order valence-corrected chi connectivity index (χ1v) is 44.3. The molecule has 0 bridgehead atoms. The molecule has 9 aromatic carbocycles. The molecule has 0 spiro atoms. The van der Waals surface area contributed by atoms with Gasteiger partial charge < -0.3 is 81.0 Å². The quantitative estimate of drug-likeness (QED) is 0.00751. The number of benzene rings is 9. The zero-order chi connectivity index (χ0) is 90.9. The molecule has 18 N–H and O–H groups in total. The van der Waals surface area contributed by atoms with Crippen LogP contribution >= 0.6 is 27.5 Å². The highest BCUT2D eigenvalue weighted by Gasteiger charge is 2.37. The number of nitrogens with two attached hydrogens (primary N) is 6. The molecule has 3 saturated heterocycles. The third-order valence-electron chi connectivity index (χ3n) is 22.3. The van der Waals surface area contributed by atoms with E-state index in [0.717, 1.165) is 56.6 Å². The largest absolute Gasteiger partial charge is 0.370 e. The third-order valence-corrected chi connectivity index (χ3v) is 23.2. The second kappa shape index (κ2) is 51.8. The maximum atomic E-state index is 14.1. The first-order valence-electron chi connectivity index (χ1n) is 43.1. The van der Waals surface area contributed by atoms with Crippen molar-refractivity contribution >= 4 is 99.1 Å². The number of aliphatic imine (C=N–C) groups is 3. The minimum Gasteiger partial charge on any atom is -0.370 e. The highest BCUT2D eigenvalue weighted by molar-refractivity contribution is 9.10. The second-order valence-electron chi connectivity index (χ2n) is 31.5. The Morgan fingerprint density at radius 1 is 0.391 bits per heavy atom. The van der Waals surface area contributed by atoms with Gasteiger partial charge in [-0.1, -0.05) is 234 Å². The Bertz CT molecular complexity index is 4820. The lowest BCUT2D eigenvalue weighted by molar-refractivity contribution is -0.133. The van der Waals surface area contributed by atoms with E-state index in [1.807, 2.05) is 148 Å². The van der Waals surface area contributed by atoms with Crippen LogP contribution in [0.5, 0.6) is 0 Å². The van der Waals surface area contributed by atoms with Crippen molar-refractivity contribution in [1.82, 2.24) is 46.6 Å². The number of hydrogen-bond acceptors (Lipinski definition) is 12. The number of nitrogens with one attached hydrogen (secondary N) is 6. The highest BCUT2D eigenvalue weighted by Crippen LogP contribution is 2.32. The summed E-state index contributed by atoms with van der Waals surface area (Å²) in [6.45, 7) is 5.36. The fourth-order valence-electron chi connectivity index (χ4n) is 15.6. The van der Waals surface area contributed by atoms with Crippen LogP contribution in [0.2, 0.25) is 5.02 Å². The molecule has 6 atom stereocenters.